The highest BCUT2D eigenvalue weighted by molar-refractivity contribution is 8.00. The molecule has 0 saturated heterocycles. The molecule has 0 amide bonds. The zero-order valence-electron chi connectivity index (χ0n) is 8.96. The normalized spacial score (nSPS) is 11.5. The van der Waals surface area contributed by atoms with Gasteiger partial charge in [-0.25, -0.2) is 15.8 Å². The van der Waals surface area contributed by atoms with Gasteiger partial charge in [0.05, 0.1) is 0 Å². The van der Waals surface area contributed by atoms with E-state index in [1.807, 2.05) is 6.92 Å². The van der Waals surface area contributed by atoms with E-state index >= 15 is 0 Å². The second kappa shape index (κ2) is 4.14. The van der Waals surface area contributed by atoms with Crippen molar-refractivity contribution in [2.75, 3.05) is 5.43 Å². The number of hydrogen-bond donors (Lipinski definition) is 2. The fourth-order valence-electron chi connectivity index (χ4n) is 0.972. The van der Waals surface area contributed by atoms with Crippen LogP contribution in [0.15, 0.2) is 11.4 Å². The van der Waals surface area contributed by atoms with E-state index in [-0.39, 0.29) is 4.75 Å². The zero-order chi connectivity index (χ0) is 10.8. The van der Waals surface area contributed by atoms with Gasteiger partial charge in [-0.15, -0.1) is 11.8 Å². The Hall–Kier alpha value is -0.810. The lowest BCUT2D eigenvalue weighted by Crippen LogP contribution is -2.13. The second-order valence-electron chi connectivity index (χ2n) is 4.01. The summed E-state index contributed by atoms with van der Waals surface area (Å²) in [6.07, 6.45) is 1.52. The summed E-state index contributed by atoms with van der Waals surface area (Å²) in [6, 6.07) is 0. The van der Waals surface area contributed by atoms with Crippen molar-refractivity contribution in [3.05, 3.63) is 11.9 Å². The van der Waals surface area contributed by atoms with Gasteiger partial charge in [-0.05, 0) is 6.92 Å². The van der Waals surface area contributed by atoms with Gasteiger partial charge in [0, 0.05) is 10.3 Å². The molecule has 0 bridgehead atoms. The summed E-state index contributed by atoms with van der Waals surface area (Å²) in [6.45, 7) is 8.40. The number of thioether (sulfide) groups is 1. The summed E-state index contributed by atoms with van der Waals surface area (Å²) in [7, 11) is 0. The number of nitrogen functional groups attached to an aromatic ring is 1. The molecule has 1 aromatic rings. The van der Waals surface area contributed by atoms with E-state index in [0.29, 0.717) is 5.82 Å². The SMILES string of the molecule is Cc1c(NN)ncnc1SC(C)(C)C. The summed E-state index contributed by atoms with van der Waals surface area (Å²) in [4.78, 5) is 8.26. The molecular formula is C9H16N4S. The molecule has 0 aliphatic rings. The topological polar surface area (TPSA) is 63.8 Å². The third-order valence-electron chi connectivity index (χ3n) is 1.58. The van der Waals surface area contributed by atoms with E-state index in [1.54, 1.807) is 11.8 Å². The molecule has 0 saturated carbocycles. The Morgan fingerprint density at radius 2 is 2.00 bits per heavy atom. The van der Waals surface area contributed by atoms with Crippen molar-refractivity contribution in [3.8, 4) is 0 Å². The summed E-state index contributed by atoms with van der Waals surface area (Å²) in [5, 5.41) is 0.973. The van der Waals surface area contributed by atoms with Crippen LogP contribution in [0, 0.1) is 6.92 Å². The minimum atomic E-state index is 0.144. The lowest BCUT2D eigenvalue weighted by atomic mass is 10.3. The summed E-state index contributed by atoms with van der Waals surface area (Å²) in [5.41, 5.74) is 3.55. The van der Waals surface area contributed by atoms with Gasteiger partial charge in [0.1, 0.15) is 17.2 Å². The molecule has 0 unspecified atom stereocenters. The average Bonchev–Trinajstić information content (AvgIpc) is 2.06. The molecule has 0 aliphatic heterocycles. The molecule has 0 radical (unpaired) electrons. The maximum absolute atomic E-state index is 5.33. The lowest BCUT2D eigenvalue weighted by molar-refractivity contribution is 0.797. The summed E-state index contributed by atoms with van der Waals surface area (Å²) in [5.74, 6) is 6.02. The van der Waals surface area contributed by atoms with Crippen molar-refractivity contribution in [1.82, 2.24) is 9.97 Å². The van der Waals surface area contributed by atoms with Gasteiger partial charge in [-0.1, -0.05) is 20.8 Å². The van der Waals surface area contributed by atoms with Gasteiger partial charge in [-0.3, -0.25) is 0 Å². The van der Waals surface area contributed by atoms with Gasteiger partial charge in [0.2, 0.25) is 0 Å². The minimum absolute atomic E-state index is 0.144. The van der Waals surface area contributed by atoms with E-state index in [9.17, 15) is 0 Å². The quantitative estimate of drug-likeness (QED) is 0.339. The van der Waals surface area contributed by atoms with Crippen molar-refractivity contribution in [1.29, 1.82) is 0 Å². The molecule has 5 heteroatoms. The van der Waals surface area contributed by atoms with Crippen LogP contribution >= 0.6 is 11.8 Å². The maximum Gasteiger partial charge on any atom is 0.147 e. The Morgan fingerprint density at radius 3 is 2.50 bits per heavy atom. The molecule has 14 heavy (non-hydrogen) atoms. The van der Waals surface area contributed by atoms with E-state index in [0.717, 1.165) is 10.6 Å². The van der Waals surface area contributed by atoms with Crippen molar-refractivity contribution >= 4 is 17.6 Å². The fraction of sp³-hybridized carbons (Fsp3) is 0.556. The first kappa shape index (κ1) is 11.3. The lowest BCUT2D eigenvalue weighted by Gasteiger charge is -2.18. The van der Waals surface area contributed by atoms with E-state index in [4.69, 9.17) is 5.84 Å². The van der Waals surface area contributed by atoms with Crippen LogP contribution in [0.5, 0.6) is 0 Å². The first-order chi connectivity index (χ1) is 6.44. The fourth-order valence-corrected chi connectivity index (χ4v) is 1.90. The van der Waals surface area contributed by atoms with Crippen LogP contribution in [-0.4, -0.2) is 14.7 Å². The Bertz CT molecular complexity index is 319. The summed E-state index contributed by atoms with van der Waals surface area (Å²) >= 11 is 1.71. The largest absolute Gasteiger partial charge is 0.308 e. The van der Waals surface area contributed by atoms with E-state index in [2.05, 4.69) is 36.2 Å². The molecule has 0 aromatic carbocycles. The van der Waals surface area contributed by atoms with Crippen LogP contribution in [0.2, 0.25) is 0 Å². The van der Waals surface area contributed by atoms with Gasteiger partial charge in [-0.2, -0.15) is 0 Å². The van der Waals surface area contributed by atoms with Crippen molar-refractivity contribution < 1.29 is 0 Å². The molecule has 78 valence electrons. The maximum atomic E-state index is 5.33. The predicted molar refractivity (Wildman–Crippen MR) is 60.2 cm³/mol. The highest BCUT2D eigenvalue weighted by atomic mass is 32.2. The number of nitrogens with zero attached hydrogens (tertiary/aromatic N) is 2. The minimum Gasteiger partial charge on any atom is -0.308 e. The van der Waals surface area contributed by atoms with Crippen molar-refractivity contribution in [2.45, 2.75) is 37.5 Å². The number of nitrogens with two attached hydrogens (primary N) is 1. The second-order valence-corrected chi connectivity index (χ2v) is 5.83. The Kier molecular flexibility index (Phi) is 3.34. The van der Waals surface area contributed by atoms with Crippen LogP contribution in [0.3, 0.4) is 0 Å². The van der Waals surface area contributed by atoms with Gasteiger partial charge in [0.25, 0.3) is 0 Å². The molecule has 4 nitrogen and oxygen atoms in total. The van der Waals surface area contributed by atoms with Crippen molar-refractivity contribution in [2.24, 2.45) is 5.84 Å². The van der Waals surface area contributed by atoms with Crippen molar-refractivity contribution in [3.63, 3.8) is 0 Å². The summed E-state index contributed by atoms with van der Waals surface area (Å²) < 4.78 is 0.144. The zero-order valence-corrected chi connectivity index (χ0v) is 9.77. The third-order valence-corrected chi connectivity index (χ3v) is 2.79. The Labute approximate surface area is 88.7 Å². The van der Waals surface area contributed by atoms with E-state index in [1.165, 1.54) is 6.33 Å². The van der Waals surface area contributed by atoms with Crippen LogP contribution in [-0.2, 0) is 0 Å². The number of nitrogens with one attached hydrogen (secondary N) is 1. The smallest absolute Gasteiger partial charge is 0.147 e. The standard InChI is InChI=1S/C9H16N4S/c1-6-7(13-10)11-5-12-8(6)14-9(2,3)4/h5H,10H2,1-4H3,(H,11,12,13). The first-order valence-electron chi connectivity index (χ1n) is 4.41. The molecule has 1 aromatic heterocycles. The van der Waals surface area contributed by atoms with Crippen LogP contribution in [0.4, 0.5) is 5.82 Å². The number of rotatable bonds is 2. The molecule has 0 fully saturated rings. The average molecular weight is 212 g/mol. The molecule has 0 spiro atoms. The number of aromatic nitrogens is 2. The Morgan fingerprint density at radius 1 is 1.36 bits per heavy atom. The van der Waals surface area contributed by atoms with Gasteiger partial charge in [0.15, 0.2) is 0 Å². The number of anilines is 1. The predicted octanol–water partition coefficient (Wildman–Crippen LogP) is 1.96. The number of hydrogen-bond acceptors (Lipinski definition) is 5. The van der Waals surface area contributed by atoms with Gasteiger partial charge >= 0.3 is 0 Å². The number of hydrazine groups is 1. The monoisotopic (exact) mass is 212 g/mol. The molecule has 0 aliphatic carbocycles. The van der Waals surface area contributed by atoms with Crippen LogP contribution < -0.4 is 11.3 Å². The van der Waals surface area contributed by atoms with Crippen LogP contribution in [0.25, 0.3) is 0 Å². The molecule has 3 N–H and O–H groups in total. The molecule has 0 atom stereocenters. The molecule has 1 rings (SSSR count). The van der Waals surface area contributed by atoms with E-state index < -0.39 is 0 Å². The third kappa shape index (κ3) is 2.85. The highest BCUT2D eigenvalue weighted by Crippen LogP contribution is 2.33. The van der Waals surface area contributed by atoms with Crippen LogP contribution in [0.1, 0.15) is 26.3 Å². The highest BCUT2D eigenvalue weighted by Gasteiger charge is 2.16. The molecular weight excluding hydrogens is 196 g/mol. The molecule has 1 heterocycles. The van der Waals surface area contributed by atoms with Gasteiger partial charge < -0.3 is 5.43 Å². The Balaban J connectivity index is 2.98. The first-order valence-corrected chi connectivity index (χ1v) is 5.23.